The molecule has 0 atom stereocenters. The van der Waals surface area contributed by atoms with Crippen LogP contribution in [0.5, 0.6) is 0 Å². The Morgan fingerprint density at radius 1 is 1.35 bits per heavy atom. The Labute approximate surface area is 121 Å². The molecule has 1 aromatic rings. The van der Waals surface area contributed by atoms with Crippen LogP contribution in [0.15, 0.2) is 12.1 Å². The molecule has 0 bridgehead atoms. The maximum absolute atomic E-state index is 12.5. The maximum Gasteiger partial charge on any atom is 0.255 e. The van der Waals surface area contributed by atoms with Crippen LogP contribution in [0.3, 0.4) is 0 Å². The lowest BCUT2D eigenvalue weighted by Gasteiger charge is -2.32. The molecule has 4 heteroatoms. The molecule has 1 amide bonds. The highest BCUT2D eigenvalue weighted by molar-refractivity contribution is 5.95. The highest BCUT2D eigenvalue weighted by Gasteiger charge is 2.24. The zero-order valence-corrected chi connectivity index (χ0v) is 12.8. The van der Waals surface area contributed by atoms with Crippen molar-refractivity contribution < 1.29 is 4.79 Å². The quantitative estimate of drug-likeness (QED) is 0.916. The average Bonchev–Trinajstić information content (AvgIpc) is 2.45. The van der Waals surface area contributed by atoms with Gasteiger partial charge in [0.15, 0.2) is 0 Å². The molecule has 1 aromatic heterocycles. The van der Waals surface area contributed by atoms with Gasteiger partial charge >= 0.3 is 0 Å². The maximum atomic E-state index is 12.5. The fourth-order valence-electron chi connectivity index (χ4n) is 2.86. The van der Waals surface area contributed by atoms with E-state index in [-0.39, 0.29) is 5.91 Å². The van der Waals surface area contributed by atoms with Crippen molar-refractivity contribution in [2.75, 3.05) is 26.7 Å². The number of hydrogen-bond acceptors (Lipinski definition) is 3. The molecule has 1 N–H and O–H groups in total. The van der Waals surface area contributed by atoms with Gasteiger partial charge in [-0.05, 0) is 64.8 Å². The van der Waals surface area contributed by atoms with Crippen LogP contribution in [-0.4, -0.2) is 42.5 Å². The summed E-state index contributed by atoms with van der Waals surface area (Å²) in [5.41, 5.74) is 2.56. The minimum Gasteiger partial charge on any atom is -0.339 e. The largest absolute Gasteiger partial charge is 0.339 e. The van der Waals surface area contributed by atoms with Gasteiger partial charge in [-0.25, -0.2) is 0 Å². The third-order valence-electron chi connectivity index (χ3n) is 4.16. The molecule has 0 aromatic carbocycles. The summed E-state index contributed by atoms with van der Waals surface area (Å²) in [5.74, 6) is 0.894. The molecule has 110 valence electrons. The minimum atomic E-state index is 0.141. The van der Waals surface area contributed by atoms with Gasteiger partial charge in [0.25, 0.3) is 5.91 Å². The van der Waals surface area contributed by atoms with Crippen molar-refractivity contribution in [3.8, 4) is 0 Å². The minimum absolute atomic E-state index is 0.141. The predicted octanol–water partition coefficient (Wildman–Crippen LogP) is 2.16. The molecule has 0 radical (unpaired) electrons. The van der Waals surface area contributed by atoms with Gasteiger partial charge in [-0.3, -0.25) is 9.78 Å². The van der Waals surface area contributed by atoms with E-state index in [1.807, 2.05) is 37.9 Å². The van der Waals surface area contributed by atoms with Crippen molar-refractivity contribution in [2.24, 2.45) is 5.92 Å². The summed E-state index contributed by atoms with van der Waals surface area (Å²) < 4.78 is 0. The first-order valence-corrected chi connectivity index (χ1v) is 7.50. The third-order valence-corrected chi connectivity index (χ3v) is 4.16. The molecule has 2 rings (SSSR count). The molecular formula is C16H25N3O. The van der Waals surface area contributed by atoms with Crippen LogP contribution in [0.2, 0.25) is 0 Å². The first-order valence-electron chi connectivity index (χ1n) is 7.50. The Morgan fingerprint density at radius 3 is 2.65 bits per heavy atom. The molecule has 1 aliphatic heterocycles. The van der Waals surface area contributed by atoms with Crippen molar-refractivity contribution in [3.05, 3.63) is 29.1 Å². The first-order chi connectivity index (χ1) is 9.61. The normalized spacial score (nSPS) is 16.4. The van der Waals surface area contributed by atoms with E-state index in [2.05, 4.69) is 10.3 Å². The Morgan fingerprint density at radius 2 is 2.05 bits per heavy atom. The summed E-state index contributed by atoms with van der Waals surface area (Å²) in [6.45, 7) is 6.69. The van der Waals surface area contributed by atoms with E-state index < -0.39 is 0 Å². The highest BCUT2D eigenvalue weighted by atomic mass is 16.2. The number of carbonyl (C=O) groups is 1. The van der Waals surface area contributed by atoms with E-state index in [4.69, 9.17) is 0 Å². The highest BCUT2D eigenvalue weighted by Crippen LogP contribution is 2.22. The van der Waals surface area contributed by atoms with E-state index in [1.54, 1.807) is 0 Å². The number of hydrogen-bond donors (Lipinski definition) is 1. The molecule has 1 aliphatic rings. The number of rotatable bonds is 4. The first kappa shape index (κ1) is 15.0. The van der Waals surface area contributed by atoms with Gasteiger partial charge in [0.1, 0.15) is 0 Å². The number of nitrogens with zero attached hydrogens (tertiary/aromatic N) is 2. The SMILES string of the molecule is CNCCC1CCN(C(=O)c2ccc(C)nc2C)CC1. The van der Waals surface area contributed by atoms with Crippen molar-refractivity contribution in [1.29, 1.82) is 0 Å². The number of nitrogens with one attached hydrogen (secondary N) is 1. The van der Waals surface area contributed by atoms with Gasteiger partial charge < -0.3 is 10.2 Å². The average molecular weight is 275 g/mol. The molecular weight excluding hydrogens is 250 g/mol. The monoisotopic (exact) mass is 275 g/mol. The fraction of sp³-hybridized carbons (Fsp3) is 0.625. The lowest BCUT2D eigenvalue weighted by Crippen LogP contribution is -2.39. The Kier molecular flexibility index (Phi) is 5.12. The summed E-state index contributed by atoms with van der Waals surface area (Å²) in [5, 5.41) is 3.20. The van der Waals surface area contributed by atoms with E-state index in [0.29, 0.717) is 0 Å². The van der Waals surface area contributed by atoms with Crippen molar-refractivity contribution >= 4 is 5.91 Å². The van der Waals surface area contributed by atoms with Crippen molar-refractivity contribution in [3.63, 3.8) is 0 Å². The van der Waals surface area contributed by atoms with Gasteiger partial charge in [0.2, 0.25) is 0 Å². The lowest BCUT2D eigenvalue weighted by molar-refractivity contribution is 0.0686. The smallest absolute Gasteiger partial charge is 0.255 e. The molecule has 1 fully saturated rings. The second kappa shape index (κ2) is 6.84. The van der Waals surface area contributed by atoms with E-state index >= 15 is 0 Å². The standard InChI is InChI=1S/C16H25N3O/c1-12-4-5-15(13(2)18-12)16(20)19-10-7-14(8-11-19)6-9-17-3/h4-5,14,17H,6-11H2,1-3H3. The Balaban J connectivity index is 1.94. The van der Waals surface area contributed by atoms with Gasteiger partial charge in [0.05, 0.1) is 11.3 Å². The topological polar surface area (TPSA) is 45.2 Å². The van der Waals surface area contributed by atoms with Gasteiger partial charge in [-0.2, -0.15) is 0 Å². The summed E-state index contributed by atoms with van der Waals surface area (Å²) in [6.07, 6.45) is 3.45. The number of aromatic nitrogens is 1. The molecule has 0 spiro atoms. The van der Waals surface area contributed by atoms with Crippen LogP contribution in [0, 0.1) is 19.8 Å². The summed E-state index contributed by atoms with van der Waals surface area (Å²) in [7, 11) is 1.99. The Hall–Kier alpha value is -1.42. The number of amides is 1. The summed E-state index contributed by atoms with van der Waals surface area (Å²) >= 11 is 0. The van der Waals surface area contributed by atoms with Crippen LogP contribution in [0.4, 0.5) is 0 Å². The second-order valence-corrected chi connectivity index (χ2v) is 5.71. The summed E-state index contributed by atoms with van der Waals surface area (Å²) in [6, 6.07) is 3.83. The number of likely N-dealkylation sites (tertiary alicyclic amines) is 1. The van der Waals surface area contributed by atoms with E-state index in [9.17, 15) is 4.79 Å². The number of piperidine rings is 1. The van der Waals surface area contributed by atoms with Gasteiger partial charge in [0, 0.05) is 18.8 Å². The lowest BCUT2D eigenvalue weighted by atomic mass is 9.93. The molecule has 1 saturated heterocycles. The van der Waals surface area contributed by atoms with Crippen LogP contribution < -0.4 is 5.32 Å². The summed E-state index contributed by atoms with van der Waals surface area (Å²) in [4.78, 5) is 18.9. The van der Waals surface area contributed by atoms with E-state index in [1.165, 1.54) is 6.42 Å². The molecule has 0 unspecified atom stereocenters. The molecule has 0 saturated carbocycles. The van der Waals surface area contributed by atoms with Crippen LogP contribution in [-0.2, 0) is 0 Å². The molecule has 20 heavy (non-hydrogen) atoms. The van der Waals surface area contributed by atoms with Crippen molar-refractivity contribution in [2.45, 2.75) is 33.1 Å². The zero-order chi connectivity index (χ0) is 14.5. The molecule has 2 heterocycles. The van der Waals surface area contributed by atoms with Gasteiger partial charge in [-0.1, -0.05) is 0 Å². The van der Waals surface area contributed by atoms with Gasteiger partial charge in [-0.15, -0.1) is 0 Å². The number of aryl methyl sites for hydroxylation is 2. The van der Waals surface area contributed by atoms with Crippen LogP contribution in [0.25, 0.3) is 0 Å². The molecule has 0 aliphatic carbocycles. The van der Waals surface area contributed by atoms with Crippen LogP contribution in [0.1, 0.15) is 41.0 Å². The van der Waals surface area contributed by atoms with E-state index in [0.717, 1.165) is 55.3 Å². The zero-order valence-electron chi connectivity index (χ0n) is 12.8. The fourth-order valence-corrected chi connectivity index (χ4v) is 2.86. The van der Waals surface area contributed by atoms with Crippen molar-refractivity contribution in [1.82, 2.24) is 15.2 Å². The van der Waals surface area contributed by atoms with Crippen LogP contribution >= 0.6 is 0 Å². The second-order valence-electron chi connectivity index (χ2n) is 5.71. The number of carbonyl (C=O) groups excluding carboxylic acids is 1. The predicted molar refractivity (Wildman–Crippen MR) is 80.9 cm³/mol. The Bertz CT molecular complexity index is 465. The number of pyridine rings is 1. The third kappa shape index (κ3) is 3.57. The molecule has 4 nitrogen and oxygen atoms in total.